The second-order valence-corrected chi connectivity index (χ2v) is 9.63. The average Bonchev–Trinajstić information content (AvgIpc) is 3.46. The van der Waals surface area contributed by atoms with E-state index in [0.29, 0.717) is 29.2 Å². The standard InChI is InChI=1S/C28H33N3O6/c1-18(8-6-12-25(34)30-15-7-11-22(30)17-32)28(37)23-16-20(29-26(35)19(2)33)13-14-24(23)31(27(28)36)21-9-4-3-5-10-21/h3-6,8-10,13-14,16,18-19,22,32-33,37H,7,11-12,15,17H2,1-2H3,(H,29,35)/b8-6+/t18-,19+,22+,28+/m1/s1. The molecular weight excluding hydrogens is 474 g/mol. The van der Waals surface area contributed by atoms with Crippen LogP contribution in [0.25, 0.3) is 0 Å². The first-order chi connectivity index (χ1) is 17.7. The number of carbonyl (C=O) groups excluding carboxylic acids is 3. The minimum Gasteiger partial charge on any atom is -0.394 e. The third-order valence-electron chi connectivity index (χ3n) is 7.12. The topological polar surface area (TPSA) is 130 Å². The lowest BCUT2D eigenvalue weighted by atomic mass is 9.82. The van der Waals surface area contributed by atoms with Crippen molar-refractivity contribution in [1.29, 1.82) is 0 Å². The van der Waals surface area contributed by atoms with Crippen LogP contribution < -0.4 is 10.2 Å². The highest BCUT2D eigenvalue weighted by Crippen LogP contribution is 2.49. The molecule has 196 valence electrons. The van der Waals surface area contributed by atoms with Gasteiger partial charge in [0.1, 0.15) is 6.10 Å². The lowest BCUT2D eigenvalue weighted by molar-refractivity contribution is -0.138. The van der Waals surface area contributed by atoms with Crippen molar-refractivity contribution in [3.63, 3.8) is 0 Å². The molecule has 4 N–H and O–H groups in total. The predicted octanol–water partition coefficient (Wildman–Crippen LogP) is 2.44. The second-order valence-electron chi connectivity index (χ2n) is 9.63. The molecule has 0 radical (unpaired) electrons. The van der Waals surface area contributed by atoms with Gasteiger partial charge in [0.05, 0.1) is 18.3 Å². The second kappa shape index (κ2) is 10.8. The van der Waals surface area contributed by atoms with Crippen molar-refractivity contribution < 1.29 is 29.7 Å². The molecule has 4 atom stereocenters. The number of hydrogen-bond acceptors (Lipinski definition) is 6. The van der Waals surface area contributed by atoms with Crippen molar-refractivity contribution in [2.24, 2.45) is 5.92 Å². The van der Waals surface area contributed by atoms with Crippen molar-refractivity contribution in [3.05, 3.63) is 66.2 Å². The molecule has 9 heteroatoms. The number of para-hydroxylation sites is 1. The van der Waals surface area contributed by atoms with E-state index in [1.54, 1.807) is 66.4 Å². The van der Waals surface area contributed by atoms with Gasteiger partial charge in [-0.05, 0) is 50.1 Å². The van der Waals surface area contributed by atoms with Crippen molar-refractivity contribution in [2.45, 2.75) is 50.9 Å². The van der Waals surface area contributed by atoms with Crippen LogP contribution in [0.15, 0.2) is 60.7 Å². The van der Waals surface area contributed by atoms with Crippen molar-refractivity contribution in [3.8, 4) is 0 Å². The molecule has 0 unspecified atom stereocenters. The number of nitrogens with zero attached hydrogens (tertiary/aromatic N) is 2. The van der Waals surface area contributed by atoms with Crippen molar-refractivity contribution >= 4 is 34.8 Å². The zero-order valence-corrected chi connectivity index (χ0v) is 21.0. The van der Waals surface area contributed by atoms with Crippen LogP contribution >= 0.6 is 0 Å². The lowest BCUT2D eigenvalue weighted by Gasteiger charge is -2.28. The number of benzene rings is 2. The van der Waals surface area contributed by atoms with E-state index < -0.39 is 29.4 Å². The Bertz CT molecular complexity index is 1200. The van der Waals surface area contributed by atoms with Gasteiger partial charge in [0.2, 0.25) is 5.91 Å². The molecule has 2 aliphatic rings. The van der Waals surface area contributed by atoms with Gasteiger partial charge in [-0.1, -0.05) is 37.3 Å². The Morgan fingerprint density at radius 3 is 2.59 bits per heavy atom. The van der Waals surface area contributed by atoms with Gasteiger partial charge >= 0.3 is 0 Å². The number of rotatable bonds is 8. The van der Waals surface area contributed by atoms with Crippen LogP contribution in [0, 0.1) is 5.92 Å². The summed E-state index contributed by atoms with van der Waals surface area (Å²) < 4.78 is 0. The summed E-state index contributed by atoms with van der Waals surface area (Å²) in [6.07, 6.45) is 3.79. The Morgan fingerprint density at radius 2 is 1.92 bits per heavy atom. The summed E-state index contributed by atoms with van der Waals surface area (Å²) in [4.78, 5) is 41.6. The molecule has 0 spiro atoms. The van der Waals surface area contributed by atoms with Gasteiger partial charge < -0.3 is 25.5 Å². The molecule has 2 aromatic rings. The summed E-state index contributed by atoms with van der Waals surface area (Å²) in [5.74, 6) is -1.98. The normalized spacial score (nSPS) is 22.8. The molecule has 2 aromatic carbocycles. The van der Waals surface area contributed by atoms with E-state index in [1.807, 2.05) is 6.07 Å². The number of aliphatic hydroxyl groups is 3. The van der Waals surface area contributed by atoms with Crippen LogP contribution in [0.5, 0.6) is 0 Å². The van der Waals surface area contributed by atoms with Gasteiger partial charge in [-0.2, -0.15) is 0 Å². The summed E-state index contributed by atoms with van der Waals surface area (Å²) in [5, 5.41) is 33.6. The number of anilines is 3. The van der Waals surface area contributed by atoms with E-state index in [9.17, 15) is 29.7 Å². The summed E-state index contributed by atoms with van der Waals surface area (Å²) >= 11 is 0. The quantitative estimate of drug-likeness (QED) is 0.406. The van der Waals surface area contributed by atoms with E-state index in [-0.39, 0.29) is 25.0 Å². The van der Waals surface area contributed by atoms with Gasteiger partial charge in [0, 0.05) is 35.8 Å². The molecule has 0 bridgehead atoms. The highest BCUT2D eigenvalue weighted by atomic mass is 16.3. The number of amides is 3. The van der Waals surface area contributed by atoms with Crippen LogP contribution in [-0.2, 0) is 20.0 Å². The van der Waals surface area contributed by atoms with E-state index >= 15 is 0 Å². The maximum absolute atomic E-state index is 13.8. The summed E-state index contributed by atoms with van der Waals surface area (Å²) in [7, 11) is 0. The summed E-state index contributed by atoms with van der Waals surface area (Å²) in [5.41, 5.74) is -0.250. The molecule has 9 nitrogen and oxygen atoms in total. The predicted molar refractivity (Wildman–Crippen MR) is 139 cm³/mol. The number of aliphatic hydroxyl groups excluding tert-OH is 2. The minimum atomic E-state index is -1.96. The molecule has 1 saturated heterocycles. The van der Waals surface area contributed by atoms with Crippen molar-refractivity contribution in [1.82, 2.24) is 4.90 Å². The number of nitrogens with one attached hydrogen (secondary N) is 1. The Hall–Kier alpha value is -3.53. The molecule has 0 aliphatic carbocycles. The number of carbonyl (C=O) groups is 3. The largest absolute Gasteiger partial charge is 0.394 e. The lowest BCUT2D eigenvalue weighted by Crippen LogP contribution is -2.42. The van der Waals surface area contributed by atoms with Crippen molar-refractivity contribution in [2.75, 3.05) is 23.4 Å². The van der Waals surface area contributed by atoms with Crippen LogP contribution in [0.4, 0.5) is 17.1 Å². The fourth-order valence-electron chi connectivity index (χ4n) is 5.01. The third kappa shape index (κ3) is 5.02. The smallest absolute Gasteiger partial charge is 0.268 e. The minimum absolute atomic E-state index is 0.0693. The van der Waals surface area contributed by atoms with Gasteiger partial charge in [-0.25, -0.2) is 0 Å². The molecule has 1 fully saturated rings. The average molecular weight is 508 g/mol. The van der Waals surface area contributed by atoms with Crippen LogP contribution in [0.3, 0.4) is 0 Å². The SMILES string of the molecule is C[C@H](O)C(=O)Nc1ccc2c(c1)[C@@](O)([C@H](C)/C=C/CC(=O)N1CCC[C@H]1CO)C(=O)N2c1ccccc1. The zero-order valence-electron chi connectivity index (χ0n) is 21.0. The maximum Gasteiger partial charge on any atom is 0.268 e. The number of likely N-dealkylation sites (tertiary alicyclic amines) is 1. The summed E-state index contributed by atoms with van der Waals surface area (Å²) in [6.45, 7) is 3.58. The molecule has 0 aromatic heterocycles. The molecule has 37 heavy (non-hydrogen) atoms. The molecule has 2 heterocycles. The summed E-state index contributed by atoms with van der Waals surface area (Å²) in [6, 6.07) is 13.6. The number of fused-ring (bicyclic) bond motifs is 1. The first kappa shape index (κ1) is 26.5. The van der Waals surface area contributed by atoms with E-state index in [1.165, 1.54) is 11.8 Å². The van der Waals surface area contributed by atoms with E-state index in [2.05, 4.69) is 5.32 Å². The Balaban J connectivity index is 1.64. The van der Waals surface area contributed by atoms with Gasteiger partial charge in [0.25, 0.3) is 11.8 Å². The fourth-order valence-corrected chi connectivity index (χ4v) is 5.01. The van der Waals surface area contributed by atoms with Gasteiger partial charge in [-0.15, -0.1) is 0 Å². The highest BCUT2D eigenvalue weighted by molar-refractivity contribution is 6.12. The first-order valence-electron chi connectivity index (χ1n) is 12.5. The fraction of sp³-hybridized carbons (Fsp3) is 0.393. The first-order valence-corrected chi connectivity index (χ1v) is 12.5. The molecular formula is C28H33N3O6. The molecule has 3 amide bonds. The van der Waals surface area contributed by atoms with Crippen LogP contribution in [-0.4, -0.2) is 63.2 Å². The monoisotopic (exact) mass is 507 g/mol. The zero-order chi connectivity index (χ0) is 26.7. The number of hydrogen-bond donors (Lipinski definition) is 4. The maximum atomic E-state index is 13.8. The van der Waals surface area contributed by atoms with Crippen LogP contribution in [0.2, 0.25) is 0 Å². The molecule has 0 saturated carbocycles. The third-order valence-corrected chi connectivity index (χ3v) is 7.12. The van der Waals surface area contributed by atoms with Gasteiger partial charge in [-0.3, -0.25) is 19.3 Å². The Morgan fingerprint density at radius 1 is 1.19 bits per heavy atom. The molecule has 4 rings (SSSR count). The Kier molecular flexibility index (Phi) is 7.77. The van der Waals surface area contributed by atoms with E-state index in [4.69, 9.17) is 0 Å². The van der Waals surface area contributed by atoms with E-state index in [0.717, 1.165) is 12.8 Å². The highest BCUT2D eigenvalue weighted by Gasteiger charge is 2.53. The van der Waals surface area contributed by atoms with Crippen LogP contribution in [0.1, 0.15) is 38.7 Å². The Labute approximate surface area is 216 Å². The molecule has 2 aliphatic heterocycles. The van der Waals surface area contributed by atoms with Gasteiger partial charge in [0.15, 0.2) is 5.60 Å².